The third kappa shape index (κ3) is 2.20. The molecule has 0 spiro atoms. The lowest BCUT2D eigenvalue weighted by molar-refractivity contribution is -0.123. The van der Waals surface area contributed by atoms with Crippen molar-refractivity contribution in [3.63, 3.8) is 0 Å². The second-order valence-corrected chi connectivity index (χ2v) is 4.42. The third-order valence-electron chi connectivity index (χ3n) is 3.22. The molecule has 0 radical (unpaired) electrons. The normalized spacial score (nSPS) is 16.4. The van der Waals surface area contributed by atoms with Gasteiger partial charge in [-0.25, -0.2) is 4.98 Å². The molecule has 0 saturated carbocycles. The molecule has 5 heteroatoms. The number of hydrogen-bond acceptors (Lipinski definition) is 3. The van der Waals surface area contributed by atoms with Crippen molar-refractivity contribution in [2.45, 2.75) is 39.8 Å². The molecule has 17 heavy (non-hydrogen) atoms. The van der Waals surface area contributed by atoms with Gasteiger partial charge in [0.15, 0.2) is 0 Å². The van der Waals surface area contributed by atoms with E-state index in [2.05, 4.69) is 20.2 Å². The van der Waals surface area contributed by atoms with E-state index in [1.807, 2.05) is 20.8 Å². The van der Waals surface area contributed by atoms with Crippen molar-refractivity contribution in [2.24, 2.45) is 0 Å². The van der Waals surface area contributed by atoms with Gasteiger partial charge in [0.1, 0.15) is 11.9 Å². The number of carbonyl (C=O) groups excluding carboxylic acids is 1. The molecular weight excluding hydrogens is 216 g/mol. The lowest BCUT2D eigenvalue weighted by atomic mass is 10.1. The molecule has 2 rings (SSSR count). The molecule has 1 unspecified atom stereocenters. The van der Waals surface area contributed by atoms with E-state index in [1.54, 1.807) is 0 Å². The number of likely N-dealkylation sites (N-methyl/N-ethyl adjacent to an activating group) is 1. The molecule has 1 amide bonds. The molecule has 5 nitrogen and oxygen atoms in total. The Hall–Kier alpha value is -1.36. The van der Waals surface area contributed by atoms with Crippen LogP contribution >= 0.6 is 0 Å². The summed E-state index contributed by atoms with van der Waals surface area (Å²) in [5.74, 6) is 0.992. The number of amides is 1. The van der Waals surface area contributed by atoms with Crippen LogP contribution in [0.15, 0.2) is 0 Å². The summed E-state index contributed by atoms with van der Waals surface area (Å²) in [4.78, 5) is 16.4. The zero-order chi connectivity index (χ0) is 12.4. The second-order valence-electron chi connectivity index (χ2n) is 4.42. The monoisotopic (exact) mass is 236 g/mol. The highest BCUT2D eigenvalue weighted by Crippen LogP contribution is 2.20. The molecule has 0 saturated heterocycles. The number of imidazole rings is 1. The predicted molar refractivity (Wildman–Crippen MR) is 65.8 cm³/mol. The number of hydrogen-bond donors (Lipinski definition) is 2. The van der Waals surface area contributed by atoms with Crippen molar-refractivity contribution in [3.8, 4) is 0 Å². The molecule has 1 aliphatic rings. The Bertz CT molecular complexity index is 424. The van der Waals surface area contributed by atoms with E-state index in [0.717, 1.165) is 31.0 Å². The van der Waals surface area contributed by atoms with Gasteiger partial charge < -0.3 is 15.2 Å². The van der Waals surface area contributed by atoms with Crippen LogP contribution in [-0.2, 0) is 17.8 Å². The minimum Gasteiger partial charge on any atom is -0.355 e. The minimum atomic E-state index is -0.177. The van der Waals surface area contributed by atoms with Crippen LogP contribution in [0.5, 0.6) is 0 Å². The van der Waals surface area contributed by atoms with Gasteiger partial charge in [0, 0.05) is 31.7 Å². The Morgan fingerprint density at radius 2 is 2.41 bits per heavy atom. The van der Waals surface area contributed by atoms with E-state index < -0.39 is 0 Å². The van der Waals surface area contributed by atoms with Crippen molar-refractivity contribution in [2.75, 3.05) is 13.1 Å². The van der Waals surface area contributed by atoms with Crippen molar-refractivity contribution < 1.29 is 4.79 Å². The second kappa shape index (κ2) is 4.87. The van der Waals surface area contributed by atoms with Gasteiger partial charge in [0.25, 0.3) is 0 Å². The maximum absolute atomic E-state index is 11.9. The molecule has 1 aromatic rings. The van der Waals surface area contributed by atoms with E-state index in [1.165, 1.54) is 5.69 Å². The Morgan fingerprint density at radius 3 is 3.12 bits per heavy atom. The van der Waals surface area contributed by atoms with E-state index in [9.17, 15) is 4.79 Å². The van der Waals surface area contributed by atoms with E-state index >= 15 is 0 Å². The van der Waals surface area contributed by atoms with Crippen LogP contribution in [0, 0.1) is 6.92 Å². The minimum absolute atomic E-state index is 0.0642. The van der Waals surface area contributed by atoms with Gasteiger partial charge in [-0.1, -0.05) is 0 Å². The summed E-state index contributed by atoms with van der Waals surface area (Å²) in [6.07, 6.45) is 0.944. The van der Waals surface area contributed by atoms with E-state index in [-0.39, 0.29) is 11.9 Å². The molecule has 2 heterocycles. The Labute approximate surface area is 102 Å². The Kier molecular flexibility index (Phi) is 3.47. The van der Waals surface area contributed by atoms with Gasteiger partial charge >= 0.3 is 0 Å². The van der Waals surface area contributed by atoms with Crippen LogP contribution in [0.3, 0.4) is 0 Å². The number of aromatic nitrogens is 2. The zero-order valence-electron chi connectivity index (χ0n) is 10.7. The topological polar surface area (TPSA) is 59.0 Å². The Morgan fingerprint density at radius 1 is 1.65 bits per heavy atom. The first-order valence-electron chi connectivity index (χ1n) is 6.20. The zero-order valence-corrected chi connectivity index (χ0v) is 10.7. The van der Waals surface area contributed by atoms with Gasteiger partial charge in [-0.3, -0.25) is 4.79 Å². The molecule has 1 atom stereocenters. The lowest BCUT2D eigenvalue weighted by Crippen LogP contribution is -2.33. The van der Waals surface area contributed by atoms with Crippen molar-refractivity contribution >= 4 is 5.91 Å². The highest BCUT2D eigenvalue weighted by Gasteiger charge is 2.24. The summed E-state index contributed by atoms with van der Waals surface area (Å²) in [6, 6.07) is -0.177. The number of rotatable bonds is 3. The molecular formula is C12H20N4O. The molecule has 0 aromatic carbocycles. The molecule has 94 valence electrons. The van der Waals surface area contributed by atoms with Crippen molar-refractivity contribution in [1.29, 1.82) is 0 Å². The molecule has 0 aliphatic carbocycles. The highest BCUT2D eigenvalue weighted by molar-refractivity contribution is 5.80. The third-order valence-corrected chi connectivity index (χ3v) is 3.22. The SMILES string of the molecule is CCNC(=O)C(C)n1c(C)nc2c1CCNC2. The summed E-state index contributed by atoms with van der Waals surface area (Å²) in [6.45, 7) is 8.27. The number of nitrogens with zero attached hydrogens (tertiary/aromatic N) is 2. The van der Waals surface area contributed by atoms with Gasteiger partial charge in [-0.05, 0) is 20.8 Å². The fourth-order valence-electron chi connectivity index (χ4n) is 2.42. The van der Waals surface area contributed by atoms with Gasteiger partial charge in [0.05, 0.1) is 5.69 Å². The summed E-state index contributed by atoms with van der Waals surface area (Å²) < 4.78 is 2.07. The highest BCUT2D eigenvalue weighted by atomic mass is 16.2. The Balaban J connectivity index is 2.31. The molecule has 1 aliphatic heterocycles. The molecule has 0 fully saturated rings. The predicted octanol–water partition coefficient (Wildman–Crippen LogP) is 0.534. The summed E-state index contributed by atoms with van der Waals surface area (Å²) >= 11 is 0. The first-order valence-corrected chi connectivity index (χ1v) is 6.20. The molecule has 0 bridgehead atoms. The number of carbonyl (C=O) groups is 1. The largest absolute Gasteiger partial charge is 0.355 e. The van der Waals surface area contributed by atoms with Crippen LogP contribution in [-0.4, -0.2) is 28.5 Å². The average molecular weight is 236 g/mol. The summed E-state index contributed by atoms with van der Waals surface area (Å²) in [5.41, 5.74) is 2.30. The van der Waals surface area contributed by atoms with Crippen LogP contribution < -0.4 is 10.6 Å². The van der Waals surface area contributed by atoms with Crippen LogP contribution in [0.25, 0.3) is 0 Å². The maximum atomic E-state index is 11.9. The van der Waals surface area contributed by atoms with E-state index in [4.69, 9.17) is 0 Å². The summed E-state index contributed by atoms with van der Waals surface area (Å²) in [5, 5.41) is 6.16. The smallest absolute Gasteiger partial charge is 0.242 e. The lowest BCUT2D eigenvalue weighted by Gasteiger charge is -2.20. The molecule has 1 aromatic heterocycles. The maximum Gasteiger partial charge on any atom is 0.242 e. The molecule has 2 N–H and O–H groups in total. The van der Waals surface area contributed by atoms with Gasteiger partial charge in [-0.2, -0.15) is 0 Å². The first kappa shape index (κ1) is 12.1. The van der Waals surface area contributed by atoms with Gasteiger partial charge in [-0.15, -0.1) is 0 Å². The van der Waals surface area contributed by atoms with Crippen LogP contribution in [0.1, 0.15) is 37.1 Å². The fraction of sp³-hybridized carbons (Fsp3) is 0.667. The summed E-state index contributed by atoms with van der Waals surface area (Å²) in [7, 11) is 0. The van der Waals surface area contributed by atoms with Crippen LogP contribution in [0.2, 0.25) is 0 Å². The number of nitrogens with one attached hydrogen (secondary N) is 2. The van der Waals surface area contributed by atoms with Crippen molar-refractivity contribution in [1.82, 2.24) is 20.2 Å². The van der Waals surface area contributed by atoms with Crippen LogP contribution in [0.4, 0.5) is 0 Å². The van der Waals surface area contributed by atoms with Gasteiger partial charge in [0.2, 0.25) is 5.91 Å². The first-order chi connectivity index (χ1) is 8.15. The number of fused-ring (bicyclic) bond motifs is 1. The fourth-order valence-corrected chi connectivity index (χ4v) is 2.42. The average Bonchev–Trinajstić information content (AvgIpc) is 2.64. The van der Waals surface area contributed by atoms with Crippen molar-refractivity contribution in [3.05, 3.63) is 17.2 Å². The quantitative estimate of drug-likeness (QED) is 0.805. The standard InChI is InChI=1S/C12H20N4O/c1-4-14-12(17)8(2)16-9(3)15-10-7-13-6-5-11(10)16/h8,13H,4-7H2,1-3H3,(H,14,17). The van der Waals surface area contributed by atoms with E-state index in [0.29, 0.717) is 6.54 Å². The number of aryl methyl sites for hydroxylation is 1.